The van der Waals surface area contributed by atoms with Crippen LogP contribution < -0.4 is 15.5 Å². The van der Waals surface area contributed by atoms with Gasteiger partial charge in [0.15, 0.2) is 0 Å². The smallest absolute Gasteiger partial charge is 0.339 e. The van der Waals surface area contributed by atoms with Crippen molar-refractivity contribution >= 4 is 33.9 Å². The highest BCUT2D eigenvalue weighted by Gasteiger charge is 2.10. The highest BCUT2D eigenvalue weighted by molar-refractivity contribution is 9.10. The van der Waals surface area contributed by atoms with E-state index in [0.29, 0.717) is 17.9 Å². The summed E-state index contributed by atoms with van der Waals surface area (Å²) in [7, 11) is 0. The number of hydrogen-bond acceptors (Lipinski definition) is 4. The molecule has 0 aliphatic rings. The minimum Gasteiger partial charge on any atom is -0.489 e. The SMILES string of the molecule is Cc1cc(NC(=O)N/N=C/c2cc(C)n(-c3ccc(OCc4ccccc4C#N)cc3)c2C)ccc1Br. The third kappa shape index (κ3) is 6.26. The number of aryl methyl sites for hydroxylation is 2. The van der Waals surface area contributed by atoms with Crippen molar-refractivity contribution in [3.63, 3.8) is 0 Å². The molecule has 0 atom stereocenters. The van der Waals surface area contributed by atoms with Crippen LogP contribution in [-0.4, -0.2) is 16.8 Å². The lowest BCUT2D eigenvalue weighted by Crippen LogP contribution is -2.24. The quantitative estimate of drug-likeness (QED) is 0.194. The summed E-state index contributed by atoms with van der Waals surface area (Å²) in [5.41, 5.74) is 9.59. The van der Waals surface area contributed by atoms with Gasteiger partial charge in [-0.15, -0.1) is 0 Å². The number of ether oxygens (including phenoxy) is 1. The van der Waals surface area contributed by atoms with Crippen molar-refractivity contribution in [2.24, 2.45) is 5.10 Å². The molecule has 0 radical (unpaired) electrons. The molecule has 0 spiro atoms. The number of anilines is 1. The fourth-order valence-corrected chi connectivity index (χ4v) is 4.21. The van der Waals surface area contributed by atoms with Crippen LogP contribution in [0, 0.1) is 32.1 Å². The van der Waals surface area contributed by atoms with Gasteiger partial charge in [0, 0.05) is 38.4 Å². The van der Waals surface area contributed by atoms with Crippen LogP contribution in [0.1, 0.15) is 33.6 Å². The molecular formula is C29H26BrN5O2. The largest absolute Gasteiger partial charge is 0.489 e. The van der Waals surface area contributed by atoms with E-state index in [1.807, 2.05) is 87.5 Å². The Bertz CT molecular complexity index is 1500. The number of carbonyl (C=O) groups is 1. The van der Waals surface area contributed by atoms with Gasteiger partial charge in [-0.05, 0) is 80.9 Å². The molecule has 4 rings (SSSR count). The monoisotopic (exact) mass is 555 g/mol. The number of hydrazone groups is 1. The molecule has 186 valence electrons. The number of aromatic nitrogens is 1. The number of urea groups is 1. The Hall–Kier alpha value is -4.35. The molecule has 0 aliphatic heterocycles. The summed E-state index contributed by atoms with van der Waals surface area (Å²) in [6.07, 6.45) is 1.63. The molecule has 0 bridgehead atoms. The molecule has 2 N–H and O–H groups in total. The third-order valence-corrected chi connectivity index (χ3v) is 6.77. The minimum atomic E-state index is -0.417. The van der Waals surface area contributed by atoms with Crippen LogP contribution >= 0.6 is 15.9 Å². The van der Waals surface area contributed by atoms with E-state index in [9.17, 15) is 10.1 Å². The Kier molecular flexibility index (Phi) is 8.06. The van der Waals surface area contributed by atoms with Gasteiger partial charge in [0.2, 0.25) is 0 Å². The molecular weight excluding hydrogens is 530 g/mol. The normalized spacial score (nSPS) is 10.8. The second-order valence-electron chi connectivity index (χ2n) is 8.50. The molecule has 1 heterocycles. The summed E-state index contributed by atoms with van der Waals surface area (Å²) in [4.78, 5) is 12.2. The standard InChI is InChI=1S/C29H26BrN5O2/c1-19-14-25(8-13-28(19)30)33-29(36)34-32-17-24-15-20(2)35(21(24)3)26-9-11-27(12-10-26)37-18-23-7-5-4-6-22(23)16-31/h4-15,17H,18H2,1-3H3,(H2,33,34,36)/b32-17+. The summed E-state index contributed by atoms with van der Waals surface area (Å²) < 4.78 is 8.99. The highest BCUT2D eigenvalue weighted by Crippen LogP contribution is 2.23. The summed E-state index contributed by atoms with van der Waals surface area (Å²) in [6.45, 7) is 6.30. The summed E-state index contributed by atoms with van der Waals surface area (Å²) in [6, 6.07) is 24.6. The van der Waals surface area contributed by atoms with Gasteiger partial charge in [-0.1, -0.05) is 34.1 Å². The zero-order valence-corrected chi connectivity index (χ0v) is 22.3. The fourth-order valence-electron chi connectivity index (χ4n) is 3.97. The molecule has 1 aromatic heterocycles. The first-order valence-electron chi connectivity index (χ1n) is 11.6. The van der Waals surface area contributed by atoms with Crippen LogP contribution in [0.5, 0.6) is 5.75 Å². The molecule has 37 heavy (non-hydrogen) atoms. The van der Waals surface area contributed by atoms with E-state index in [-0.39, 0.29) is 0 Å². The van der Waals surface area contributed by atoms with E-state index in [0.717, 1.165) is 44.0 Å². The van der Waals surface area contributed by atoms with Crippen LogP contribution in [0.25, 0.3) is 5.69 Å². The van der Waals surface area contributed by atoms with Crippen molar-refractivity contribution in [1.29, 1.82) is 5.26 Å². The number of amides is 2. The van der Waals surface area contributed by atoms with Crippen molar-refractivity contribution in [1.82, 2.24) is 9.99 Å². The van der Waals surface area contributed by atoms with E-state index in [1.54, 1.807) is 12.3 Å². The van der Waals surface area contributed by atoms with Gasteiger partial charge < -0.3 is 14.6 Å². The second-order valence-corrected chi connectivity index (χ2v) is 9.36. The van der Waals surface area contributed by atoms with E-state index >= 15 is 0 Å². The lowest BCUT2D eigenvalue weighted by molar-refractivity contribution is 0.252. The second kappa shape index (κ2) is 11.6. The zero-order valence-electron chi connectivity index (χ0n) is 20.7. The topological polar surface area (TPSA) is 91.4 Å². The van der Waals surface area contributed by atoms with Gasteiger partial charge in [-0.3, -0.25) is 0 Å². The summed E-state index contributed by atoms with van der Waals surface area (Å²) in [5, 5.41) is 16.1. The molecule has 3 aromatic carbocycles. The van der Waals surface area contributed by atoms with Crippen molar-refractivity contribution in [3.05, 3.63) is 111 Å². The first kappa shape index (κ1) is 25.7. The summed E-state index contributed by atoms with van der Waals surface area (Å²) in [5.74, 6) is 0.719. The summed E-state index contributed by atoms with van der Waals surface area (Å²) >= 11 is 3.45. The first-order valence-corrected chi connectivity index (χ1v) is 12.4. The minimum absolute atomic E-state index is 0.327. The van der Waals surface area contributed by atoms with Gasteiger partial charge >= 0.3 is 6.03 Å². The molecule has 0 aliphatic carbocycles. The highest BCUT2D eigenvalue weighted by atomic mass is 79.9. The van der Waals surface area contributed by atoms with Gasteiger partial charge in [0.05, 0.1) is 17.8 Å². The molecule has 0 saturated carbocycles. The maximum atomic E-state index is 12.2. The number of halogens is 1. The van der Waals surface area contributed by atoms with Gasteiger partial charge in [0.1, 0.15) is 12.4 Å². The van der Waals surface area contributed by atoms with Crippen LogP contribution in [-0.2, 0) is 6.61 Å². The van der Waals surface area contributed by atoms with Crippen molar-refractivity contribution < 1.29 is 9.53 Å². The Balaban J connectivity index is 1.39. The maximum absolute atomic E-state index is 12.2. The van der Waals surface area contributed by atoms with E-state index < -0.39 is 6.03 Å². The lowest BCUT2D eigenvalue weighted by Gasteiger charge is -2.12. The van der Waals surface area contributed by atoms with Crippen LogP contribution in [0.2, 0.25) is 0 Å². The maximum Gasteiger partial charge on any atom is 0.339 e. The van der Waals surface area contributed by atoms with Gasteiger partial charge in [0.25, 0.3) is 0 Å². The Morgan fingerprint density at radius 3 is 2.57 bits per heavy atom. The Labute approximate surface area is 224 Å². The van der Waals surface area contributed by atoms with Crippen LogP contribution in [0.4, 0.5) is 10.5 Å². The van der Waals surface area contributed by atoms with Crippen LogP contribution in [0.15, 0.2) is 82.4 Å². The molecule has 2 amide bonds. The number of nitriles is 1. The Morgan fingerprint density at radius 1 is 1.08 bits per heavy atom. The molecule has 4 aromatic rings. The lowest BCUT2D eigenvalue weighted by atomic mass is 10.1. The van der Waals surface area contributed by atoms with E-state index in [4.69, 9.17) is 4.74 Å². The molecule has 8 heteroatoms. The predicted molar refractivity (Wildman–Crippen MR) is 149 cm³/mol. The van der Waals surface area contributed by atoms with E-state index in [1.165, 1.54) is 0 Å². The number of rotatable bonds is 7. The molecule has 7 nitrogen and oxygen atoms in total. The van der Waals surface area contributed by atoms with Gasteiger partial charge in [-0.2, -0.15) is 10.4 Å². The first-order chi connectivity index (χ1) is 17.9. The Morgan fingerprint density at radius 2 is 1.84 bits per heavy atom. The van der Waals surface area contributed by atoms with Crippen molar-refractivity contribution in [3.8, 4) is 17.5 Å². The number of nitrogens with one attached hydrogen (secondary N) is 2. The number of carbonyl (C=O) groups excluding carboxylic acids is 1. The van der Waals surface area contributed by atoms with Crippen molar-refractivity contribution in [2.45, 2.75) is 27.4 Å². The third-order valence-electron chi connectivity index (χ3n) is 5.88. The zero-order chi connectivity index (χ0) is 26.4. The van der Waals surface area contributed by atoms with Crippen molar-refractivity contribution in [2.75, 3.05) is 5.32 Å². The fraction of sp³-hybridized carbons (Fsp3) is 0.138. The molecule has 0 fully saturated rings. The van der Waals surface area contributed by atoms with E-state index in [2.05, 4.69) is 42.4 Å². The number of benzene rings is 3. The molecule has 0 saturated heterocycles. The number of hydrogen-bond donors (Lipinski definition) is 2. The average molecular weight is 556 g/mol. The molecule has 0 unspecified atom stereocenters. The average Bonchev–Trinajstić information content (AvgIpc) is 3.18. The van der Waals surface area contributed by atoms with Crippen LogP contribution in [0.3, 0.4) is 0 Å². The number of nitrogens with zero attached hydrogens (tertiary/aromatic N) is 3. The predicted octanol–water partition coefficient (Wildman–Crippen LogP) is 6.77. The van der Waals surface area contributed by atoms with Gasteiger partial charge in [-0.25, -0.2) is 10.2 Å².